The van der Waals surface area contributed by atoms with Crippen molar-refractivity contribution in [3.63, 3.8) is 0 Å². The van der Waals surface area contributed by atoms with Crippen molar-refractivity contribution in [1.82, 2.24) is 4.90 Å². The van der Waals surface area contributed by atoms with Crippen LogP contribution in [0.4, 0.5) is 20.6 Å². The number of hydrogen-bond donors (Lipinski definition) is 1. The number of hydrogen-bond acceptors (Lipinski definition) is 4. The summed E-state index contributed by atoms with van der Waals surface area (Å²) >= 11 is 0. The maximum atomic E-state index is 13.7. The number of nitrogens with zero attached hydrogens (tertiary/aromatic N) is 2. The van der Waals surface area contributed by atoms with Gasteiger partial charge in [0.1, 0.15) is 11.4 Å². The predicted octanol–water partition coefficient (Wildman–Crippen LogP) is 4.03. The Kier molecular flexibility index (Phi) is 5.04. The van der Waals surface area contributed by atoms with Crippen LogP contribution in [0.15, 0.2) is 18.2 Å². The van der Waals surface area contributed by atoms with Gasteiger partial charge in [-0.05, 0) is 70.1 Å². The first-order valence-electron chi connectivity index (χ1n) is 9.45. The standard InChI is InChI=1S/C20H30FN3O2/c1-19(2,3)26-18(25)24-12-8-20(9-13-24)6-10-23(11-7-20)15-4-5-17(22)16(21)14-15/h4-5,14H,6-13,22H2,1-3H3. The lowest BCUT2D eigenvalue weighted by molar-refractivity contribution is 0.00666. The van der Waals surface area contributed by atoms with E-state index in [1.165, 1.54) is 6.07 Å². The second-order valence-electron chi connectivity index (χ2n) is 8.66. The fraction of sp³-hybridized carbons (Fsp3) is 0.650. The summed E-state index contributed by atoms with van der Waals surface area (Å²) in [5, 5.41) is 0. The van der Waals surface area contributed by atoms with E-state index in [0.717, 1.165) is 57.5 Å². The summed E-state index contributed by atoms with van der Waals surface area (Å²) in [6.07, 6.45) is 3.96. The lowest BCUT2D eigenvalue weighted by Gasteiger charge is -2.47. The number of amides is 1. The fourth-order valence-electron chi connectivity index (χ4n) is 3.94. The highest BCUT2D eigenvalue weighted by Gasteiger charge is 2.39. The van der Waals surface area contributed by atoms with Crippen molar-refractivity contribution in [1.29, 1.82) is 0 Å². The molecule has 1 aromatic rings. The minimum absolute atomic E-state index is 0.191. The van der Waals surface area contributed by atoms with Crippen LogP contribution in [0.5, 0.6) is 0 Å². The third-order valence-electron chi connectivity index (χ3n) is 5.65. The van der Waals surface area contributed by atoms with E-state index >= 15 is 0 Å². The molecule has 2 N–H and O–H groups in total. The summed E-state index contributed by atoms with van der Waals surface area (Å²) < 4.78 is 19.2. The van der Waals surface area contributed by atoms with Crippen molar-refractivity contribution in [3.8, 4) is 0 Å². The van der Waals surface area contributed by atoms with Crippen LogP contribution >= 0.6 is 0 Å². The molecule has 0 aliphatic carbocycles. The number of benzene rings is 1. The number of ether oxygens (including phenoxy) is 1. The quantitative estimate of drug-likeness (QED) is 0.766. The van der Waals surface area contributed by atoms with Gasteiger partial charge >= 0.3 is 6.09 Å². The van der Waals surface area contributed by atoms with E-state index in [-0.39, 0.29) is 17.6 Å². The van der Waals surface area contributed by atoms with E-state index in [0.29, 0.717) is 5.41 Å². The molecule has 1 amide bonds. The Morgan fingerprint density at radius 2 is 1.69 bits per heavy atom. The zero-order chi connectivity index (χ0) is 18.9. The largest absolute Gasteiger partial charge is 0.444 e. The molecule has 1 spiro atoms. The first-order chi connectivity index (χ1) is 12.2. The fourth-order valence-corrected chi connectivity index (χ4v) is 3.94. The van der Waals surface area contributed by atoms with Crippen LogP contribution in [-0.2, 0) is 4.74 Å². The number of piperidine rings is 2. The number of nitrogen functional groups attached to an aromatic ring is 1. The molecule has 0 radical (unpaired) electrons. The molecular weight excluding hydrogens is 333 g/mol. The van der Waals surface area contributed by atoms with Crippen LogP contribution in [0, 0.1) is 11.2 Å². The molecule has 0 bridgehead atoms. The van der Waals surface area contributed by atoms with E-state index in [4.69, 9.17) is 10.5 Å². The van der Waals surface area contributed by atoms with E-state index in [2.05, 4.69) is 4.90 Å². The molecule has 2 aliphatic heterocycles. The number of nitrogens with two attached hydrogens (primary N) is 1. The average molecular weight is 363 g/mol. The Balaban J connectivity index is 1.53. The van der Waals surface area contributed by atoms with Crippen molar-refractivity contribution >= 4 is 17.5 Å². The lowest BCUT2D eigenvalue weighted by Crippen LogP contribution is -2.49. The number of halogens is 1. The highest BCUT2D eigenvalue weighted by atomic mass is 19.1. The maximum Gasteiger partial charge on any atom is 0.410 e. The van der Waals surface area contributed by atoms with Gasteiger partial charge in [0.05, 0.1) is 5.69 Å². The summed E-state index contributed by atoms with van der Waals surface area (Å²) in [5.74, 6) is -0.353. The maximum absolute atomic E-state index is 13.7. The van der Waals surface area contributed by atoms with Crippen molar-refractivity contribution < 1.29 is 13.9 Å². The number of carbonyl (C=O) groups excluding carboxylic acids is 1. The van der Waals surface area contributed by atoms with Gasteiger partial charge in [0.15, 0.2) is 0 Å². The molecule has 3 rings (SSSR count). The summed E-state index contributed by atoms with van der Waals surface area (Å²) in [5.41, 5.74) is 6.50. The number of rotatable bonds is 1. The Hall–Kier alpha value is -1.98. The average Bonchev–Trinajstić information content (AvgIpc) is 2.57. The Morgan fingerprint density at radius 3 is 2.23 bits per heavy atom. The number of likely N-dealkylation sites (tertiary alicyclic amines) is 1. The van der Waals surface area contributed by atoms with Gasteiger partial charge in [-0.2, -0.15) is 0 Å². The molecule has 5 nitrogen and oxygen atoms in total. The number of anilines is 2. The highest BCUT2D eigenvalue weighted by Crippen LogP contribution is 2.42. The second kappa shape index (κ2) is 6.97. The number of carbonyl (C=O) groups is 1. The van der Waals surface area contributed by atoms with Gasteiger partial charge in [-0.25, -0.2) is 9.18 Å². The smallest absolute Gasteiger partial charge is 0.410 e. The van der Waals surface area contributed by atoms with Crippen molar-refractivity contribution in [2.24, 2.45) is 5.41 Å². The summed E-state index contributed by atoms with van der Waals surface area (Å²) in [6, 6.07) is 5.05. The molecule has 2 saturated heterocycles. The van der Waals surface area contributed by atoms with Crippen LogP contribution in [-0.4, -0.2) is 42.8 Å². The van der Waals surface area contributed by atoms with Gasteiger partial charge < -0.3 is 20.3 Å². The van der Waals surface area contributed by atoms with Gasteiger partial charge in [0.25, 0.3) is 0 Å². The summed E-state index contributed by atoms with van der Waals surface area (Å²) in [7, 11) is 0. The molecule has 2 aliphatic rings. The molecule has 0 aromatic heterocycles. The lowest BCUT2D eigenvalue weighted by atomic mass is 9.71. The SMILES string of the molecule is CC(C)(C)OC(=O)N1CCC2(CC1)CCN(c1ccc(N)c(F)c1)CC2. The summed E-state index contributed by atoms with van der Waals surface area (Å²) in [4.78, 5) is 16.3. The van der Waals surface area contributed by atoms with Crippen LogP contribution in [0.3, 0.4) is 0 Å². The molecule has 6 heteroatoms. The minimum atomic E-state index is -0.452. The van der Waals surface area contributed by atoms with Gasteiger partial charge in [-0.15, -0.1) is 0 Å². The Bertz CT molecular complexity index is 654. The predicted molar refractivity (Wildman–Crippen MR) is 102 cm³/mol. The van der Waals surface area contributed by atoms with E-state index in [1.54, 1.807) is 6.07 Å². The molecule has 144 valence electrons. The highest BCUT2D eigenvalue weighted by molar-refractivity contribution is 5.68. The molecule has 26 heavy (non-hydrogen) atoms. The van der Waals surface area contributed by atoms with Crippen molar-refractivity contribution in [3.05, 3.63) is 24.0 Å². The van der Waals surface area contributed by atoms with E-state index in [1.807, 2.05) is 31.7 Å². The molecule has 1 aromatic carbocycles. The zero-order valence-electron chi connectivity index (χ0n) is 16.1. The van der Waals surface area contributed by atoms with Gasteiger partial charge in [-0.1, -0.05) is 0 Å². The van der Waals surface area contributed by atoms with Gasteiger partial charge in [0.2, 0.25) is 0 Å². The topological polar surface area (TPSA) is 58.8 Å². The van der Waals surface area contributed by atoms with E-state index in [9.17, 15) is 9.18 Å². The van der Waals surface area contributed by atoms with E-state index < -0.39 is 5.60 Å². The normalized spacial score (nSPS) is 20.3. The first kappa shape index (κ1) is 18.8. The summed E-state index contributed by atoms with van der Waals surface area (Å²) in [6.45, 7) is 9.02. The Labute approximate surface area is 155 Å². The Morgan fingerprint density at radius 1 is 1.12 bits per heavy atom. The van der Waals surface area contributed by atoms with Crippen molar-refractivity contribution in [2.75, 3.05) is 36.8 Å². The zero-order valence-corrected chi connectivity index (χ0v) is 16.1. The van der Waals surface area contributed by atoms with Crippen LogP contribution < -0.4 is 10.6 Å². The molecule has 2 fully saturated rings. The third-order valence-corrected chi connectivity index (χ3v) is 5.65. The van der Waals surface area contributed by atoms with Crippen LogP contribution in [0.1, 0.15) is 46.5 Å². The third kappa shape index (κ3) is 4.22. The van der Waals surface area contributed by atoms with Gasteiger partial charge in [0, 0.05) is 31.9 Å². The van der Waals surface area contributed by atoms with Crippen LogP contribution in [0.25, 0.3) is 0 Å². The minimum Gasteiger partial charge on any atom is -0.444 e. The molecule has 0 atom stereocenters. The van der Waals surface area contributed by atoms with Crippen molar-refractivity contribution in [2.45, 2.75) is 52.1 Å². The first-order valence-corrected chi connectivity index (χ1v) is 9.45. The molecule has 2 heterocycles. The monoisotopic (exact) mass is 363 g/mol. The molecule has 0 unspecified atom stereocenters. The second-order valence-corrected chi connectivity index (χ2v) is 8.66. The van der Waals surface area contributed by atoms with Gasteiger partial charge in [-0.3, -0.25) is 0 Å². The molecule has 0 saturated carbocycles. The molecular formula is C20H30FN3O2. The van der Waals surface area contributed by atoms with Crippen LogP contribution in [0.2, 0.25) is 0 Å².